The monoisotopic (exact) mass is 523 g/mol. The molecule has 2 heterocycles. The van der Waals surface area contributed by atoms with Crippen LogP contribution in [-0.2, 0) is 14.3 Å². The van der Waals surface area contributed by atoms with Gasteiger partial charge < -0.3 is 14.2 Å². The summed E-state index contributed by atoms with van der Waals surface area (Å²) in [6.45, 7) is 4.33. The van der Waals surface area contributed by atoms with Gasteiger partial charge in [-0.05, 0) is 43.7 Å². The van der Waals surface area contributed by atoms with Crippen LogP contribution in [-0.4, -0.2) is 42.4 Å². The number of hydrogen-bond donors (Lipinski definition) is 0. The number of esters is 1. The maximum atomic E-state index is 13.7. The Labute approximate surface area is 215 Å². The van der Waals surface area contributed by atoms with Crippen LogP contribution in [0.4, 0.5) is 5.69 Å². The van der Waals surface area contributed by atoms with Crippen molar-refractivity contribution < 1.29 is 23.9 Å². The number of carbonyl (C=O) groups is 1. The molecular weight excluding hydrogens is 498 g/mol. The summed E-state index contributed by atoms with van der Waals surface area (Å²) in [4.78, 5) is 42.7. The highest BCUT2D eigenvalue weighted by Gasteiger charge is 2.33. The van der Waals surface area contributed by atoms with Crippen molar-refractivity contribution >= 4 is 29.1 Å². The molecule has 3 aromatic rings. The maximum Gasteiger partial charge on any atom is 0.338 e. The molecule has 0 amide bonds. The van der Waals surface area contributed by atoms with Gasteiger partial charge in [-0.1, -0.05) is 35.6 Å². The minimum atomic E-state index is -0.810. The molecule has 1 aliphatic rings. The molecule has 4 rings (SSSR count). The number of benzene rings is 2. The number of para-hydroxylation sites is 1. The number of rotatable bonds is 9. The SMILES string of the molecule is CCOc1ccc(C2C(C(=O)OCCOC)=C(C)N=c3sc(=Cc4ccccc4[N+](=O)[O-])c(=O)n32)cc1. The van der Waals surface area contributed by atoms with E-state index in [0.717, 1.165) is 11.3 Å². The summed E-state index contributed by atoms with van der Waals surface area (Å²) in [5.74, 6) is 0.0464. The molecule has 0 saturated heterocycles. The molecule has 10 nitrogen and oxygen atoms in total. The standard InChI is InChI=1S/C26H25N3O7S/c1-4-35-19-11-9-17(10-12-19)23-22(25(31)36-14-13-34-3)16(2)27-26-28(23)24(30)21(37-26)15-18-7-5-6-8-20(18)29(32)33/h5-12,15,23H,4,13-14H2,1-3H3. The minimum absolute atomic E-state index is 0.0458. The number of methoxy groups -OCH3 is 1. The molecule has 192 valence electrons. The van der Waals surface area contributed by atoms with Gasteiger partial charge in [0.15, 0.2) is 4.80 Å². The molecule has 2 aromatic carbocycles. The third-order valence-electron chi connectivity index (χ3n) is 5.69. The number of carbonyl (C=O) groups excluding carboxylic acids is 1. The Balaban J connectivity index is 1.89. The zero-order valence-corrected chi connectivity index (χ0v) is 21.3. The Kier molecular flexibility index (Phi) is 7.95. The van der Waals surface area contributed by atoms with Gasteiger partial charge in [-0.2, -0.15) is 0 Å². The highest BCUT2D eigenvalue weighted by molar-refractivity contribution is 7.07. The van der Waals surface area contributed by atoms with E-state index in [0.29, 0.717) is 34.0 Å². The van der Waals surface area contributed by atoms with E-state index < -0.39 is 22.5 Å². The van der Waals surface area contributed by atoms with Crippen LogP contribution in [0.3, 0.4) is 0 Å². The largest absolute Gasteiger partial charge is 0.494 e. The van der Waals surface area contributed by atoms with Crippen LogP contribution in [0.15, 0.2) is 69.6 Å². The molecule has 1 atom stereocenters. The van der Waals surface area contributed by atoms with Crippen molar-refractivity contribution in [2.24, 2.45) is 4.99 Å². The molecule has 1 aromatic heterocycles. The molecule has 0 aliphatic carbocycles. The van der Waals surface area contributed by atoms with Crippen molar-refractivity contribution in [3.05, 3.63) is 101 Å². The summed E-state index contributed by atoms with van der Waals surface area (Å²) in [6.07, 6.45) is 1.48. The molecule has 1 aliphatic heterocycles. The lowest BCUT2D eigenvalue weighted by molar-refractivity contribution is -0.385. The Morgan fingerprint density at radius 3 is 2.59 bits per heavy atom. The summed E-state index contributed by atoms with van der Waals surface area (Å²) in [6, 6.07) is 12.5. The highest BCUT2D eigenvalue weighted by atomic mass is 32.1. The second-order valence-electron chi connectivity index (χ2n) is 8.03. The zero-order chi connectivity index (χ0) is 26.5. The van der Waals surface area contributed by atoms with Crippen LogP contribution in [0, 0.1) is 10.1 Å². The van der Waals surface area contributed by atoms with Gasteiger partial charge in [-0.15, -0.1) is 0 Å². The number of nitro groups is 1. The highest BCUT2D eigenvalue weighted by Crippen LogP contribution is 2.31. The molecule has 0 N–H and O–H groups in total. The fourth-order valence-electron chi connectivity index (χ4n) is 4.02. The summed E-state index contributed by atoms with van der Waals surface area (Å²) in [7, 11) is 1.50. The average Bonchev–Trinajstić information content (AvgIpc) is 3.18. The number of ether oxygens (including phenoxy) is 3. The van der Waals surface area contributed by atoms with E-state index >= 15 is 0 Å². The molecule has 37 heavy (non-hydrogen) atoms. The van der Waals surface area contributed by atoms with Crippen LogP contribution >= 0.6 is 11.3 Å². The predicted octanol–water partition coefficient (Wildman–Crippen LogP) is 2.73. The molecule has 0 spiro atoms. The first-order chi connectivity index (χ1) is 17.8. The van der Waals surface area contributed by atoms with Crippen molar-refractivity contribution in [2.45, 2.75) is 19.9 Å². The van der Waals surface area contributed by atoms with Gasteiger partial charge in [0.2, 0.25) is 0 Å². The summed E-state index contributed by atoms with van der Waals surface area (Å²) in [5, 5.41) is 11.5. The Hall–Kier alpha value is -4.09. The van der Waals surface area contributed by atoms with Gasteiger partial charge in [0.05, 0.1) is 45.5 Å². The molecule has 0 bridgehead atoms. The second-order valence-corrected chi connectivity index (χ2v) is 9.04. The van der Waals surface area contributed by atoms with E-state index in [1.54, 1.807) is 49.4 Å². The fourth-order valence-corrected chi connectivity index (χ4v) is 5.06. The second kappa shape index (κ2) is 11.3. The van der Waals surface area contributed by atoms with E-state index in [4.69, 9.17) is 14.2 Å². The summed E-state index contributed by atoms with van der Waals surface area (Å²) >= 11 is 1.10. The average molecular weight is 524 g/mol. The summed E-state index contributed by atoms with van der Waals surface area (Å²) < 4.78 is 17.6. The number of allylic oxidation sites excluding steroid dienone is 1. The van der Waals surface area contributed by atoms with Crippen molar-refractivity contribution in [3.63, 3.8) is 0 Å². The molecule has 0 radical (unpaired) electrons. The lowest BCUT2D eigenvalue weighted by Gasteiger charge is -2.25. The first-order valence-electron chi connectivity index (χ1n) is 11.5. The van der Waals surface area contributed by atoms with E-state index in [1.165, 1.54) is 23.8 Å². The number of thiazole rings is 1. The molecule has 0 saturated carbocycles. The number of aromatic nitrogens is 1. The van der Waals surface area contributed by atoms with Crippen molar-refractivity contribution in [3.8, 4) is 5.75 Å². The van der Waals surface area contributed by atoms with Crippen LogP contribution in [0.1, 0.15) is 31.0 Å². The Morgan fingerprint density at radius 2 is 1.92 bits per heavy atom. The van der Waals surface area contributed by atoms with E-state index in [2.05, 4.69) is 4.99 Å². The topological polar surface area (TPSA) is 122 Å². The van der Waals surface area contributed by atoms with Crippen LogP contribution < -0.4 is 19.6 Å². The quantitative estimate of drug-likeness (QED) is 0.183. The van der Waals surface area contributed by atoms with Gasteiger partial charge >= 0.3 is 5.97 Å². The molecule has 1 unspecified atom stereocenters. The first-order valence-corrected chi connectivity index (χ1v) is 12.3. The predicted molar refractivity (Wildman–Crippen MR) is 137 cm³/mol. The van der Waals surface area contributed by atoms with Crippen LogP contribution in [0.25, 0.3) is 6.08 Å². The van der Waals surface area contributed by atoms with Gasteiger partial charge in [0.1, 0.15) is 12.4 Å². The number of hydrogen-bond acceptors (Lipinski definition) is 9. The third-order valence-corrected chi connectivity index (χ3v) is 6.67. The van der Waals surface area contributed by atoms with Crippen LogP contribution in [0.2, 0.25) is 0 Å². The Bertz CT molecular complexity index is 1540. The van der Waals surface area contributed by atoms with Gasteiger partial charge in [0, 0.05) is 13.2 Å². The lowest BCUT2D eigenvalue weighted by Crippen LogP contribution is -2.40. The minimum Gasteiger partial charge on any atom is -0.494 e. The van der Waals surface area contributed by atoms with Gasteiger partial charge in [-0.3, -0.25) is 19.5 Å². The van der Waals surface area contributed by atoms with Crippen molar-refractivity contribution in [1.29, 1.82) is 0 Å². The number of nitrogens with zero attached hydrogens (tertiary/aromatic N) is 3. The maximum absolute atomic E-state index is 13.7. The van der Waals surface area contributed by atoms with E-state index in [9.17, 15) is 19.7 Å². The molecule has 0 fully saturated rings. The smallest absolute Gasteiger partial charge is 0.338 e. The van der Waals surface area contributed by atoms with Crippen molar-refractivity contribution in [1.82, 2.24) is 4.57 Å². The van der Waals surface area contributed by atoms with Crippen LogP contribution in [0.5, 0.6) is 5.75 Å². The fraction of sp³-hybridized carbons (Fsp3) is 0.269. The normalized spacial score (nSPS) is 15.2. The van der Waals surface area contributed by atoms with Crippen molar-refractivity contribution in [2.75, 3.05) is 26.9 Å². The van der Waals surface area contributed by atoms with E-state index in [-0.39, 0.29) is 29.0 Å². The zero-order valence-electron chi connectivity index (χ0n) is 20.5. The number of fused-ring (bicyclic) bond motifs is 1. The summed E-state index contributed by atoms with van der Waals surface area (Å²) in [5.41, 5.74) is 1.07. The third kappa shape index (κ3) is 5.37. The van der Waals surface area contributed by atoms with Gasteiger partial charge in [0.25, 0.3) is 11.2 Å². The van der Waals surface area contributed by atoms with Gasteiger partial charge in [-0.25, -0.2) is 9.79 Å². The Morgan fingerprint density at radius 1 is 1.19 bits per heavy atom. The first kappa shape index (κ1) is 26.0. The lowest BCUT2D eigenvalue weighted by atomic mass is 9.96. The molecule has 11 heteroatoms. The van der Waals surface area contributed by atoms with E-state index in [1.807, 2.05) is 6.92 Å². The number of nitro benzene ring substituents is 1. The molecular formula is C26H25N3O7S.